The fraction of sp³-hybridized carbons (Fsp3) is 0.732. The van der Waals surface area contributed by atoms with Gasteiger partial charge in [-0.1, -0.05) is 53.7 Å². The summed E-state index contributed by atoms with van der Waals surface area (Å²) in [6.45, 7) is 11.8. The quantitative estimate of drug-likeness (QED) is 0.117. The van der Waals surface area contributed by atoms with Gasteiger partial charge >= 0.3 is 0 Å². The number of anilines is 1. The maximum atomic E-state index is 14.1. The number of nitrogens with two attached hydrogens (primary N) is 1. The Morgan fingerprint density at radius 3 is 2.03 bits per heavy atom. The zero-order valence-electron chi connectivity index (χ0n) is 36.7. The van der Waals surface area contributed by atoms with Gasteiger partial charge in [-0.25, -0.2) is 8.42 Å². The Balaban J connectivity index is 2.22. The molecule has 5 N–H and O–H groups in total. The van der Waals surface area contributed by atoms with Crippen molar-refractivity contribution in [2.24, 2.45) is 17.8 Å². The van der Waals surface area contributed by atoms with Crippen LogP contribution in [0.25, 0.3) is 0 Å². The van der Waals surface area contributed by atoms with Gasteiger partial charge in [0.25, 0.3) is 0 Å². The van der Waals surface area contributed by atoms with E-state index in [0.29, 0.717) is 31.5 Å². The SMILES string of the molecule is CC[C@@H]([C@@H](CC(=O)N1CCC[C@H]1[C@H](OC)[C@@H](C)C(=O)N[C@@H](CCS(C)(=O)=O)C(=O)NCc1ccc(N)cc1)OC)N(C)C(=O)[C@@H](NC(=O)[C@H](C(C)C)N(C)C)C(C)C. The Morgan fingerprint density at radius 2 is 1.53 bits per heavy atom. The highest BCUT2D eigenvalue weighted by Gasteiger charge is 2.42. The van der Waals surface area contributed by atoms with Crippen molar-refractivity contribution in [2.45, 2.75) is 123 Å². The molecule has 330 valence electrons. The van der Waals surface area contributed by atoms with Crippen LogP contribution in [-0.4, -0.2) is 149 Å². The molecule has 16 nitrogen and oxygen atoms in total. The largest absolute Gasteiger partial charge is 0.399 e. The number of amides is 5. The second kappa shape index (κ2) is 23.1. The molecule has 0 unspecified atom stereocenters. The molecule has 2 rings (SSSR count). The lowest BCUT2D eigenvalue weighted by atomic mass is 9.93. The first-order valence-corrected chi connectivity index (χ1v) is 22.3. The van der Waals surface area contributed by atoms with Crippen LogP contribution in [0.15, 0.2) is 24.3 Å². The van der Waals surface area contributed by atoms with Gasteiger partial charge in [-0.05, 0) is 69.3 Å². The first-order chi connectivity index (χ1) is 27.1. The summed E-state index contributed by atoms with van der Waals surface area (Å²) in [4.78, 5) is 73.6. The molecule has 1 aromatic carbocycles. The van der Waals surface area contributed by atoms with Gasteiger partial charge in [0.1, 0.15) is 21.9 Å². The molecule has 17 heteroatoms. The maximum Gasteiger partial charge on any atom is 0.245 e. The summed E-state index contributed by atoms with van der Waals surface area (Å²) in [6.07, 6.45) is 1.17. The van der Waals surface area contributed by atoms with E-state index in [2.05, 4.69) is 16.0 Å². The van der Waals surface area contributed by atoms with Crippen LogP contribution in [0.3, 0.4) is 0 Å². The predicted molar refractivity (Wildman–Crippen MR) is 225 cm³/mol. The van der Waals surface area contributed by atoms with Crippen LogP contribution in [0.5, 0.6) is 0 Å². The van der Waals surface area contributed by atoms with Crippen molar-refractivity contribution < 1.29 is 41.9 Å². The molecule has 0 aliphatic carbocycles. The minimum atomic E-state index is -3.45. The molecule has 1 aromatic rings. The molecule has 8 atom stereocenters. The molecular weight excluding hydrogens is 767 g/mol. The van der Waals surface area contributed by atoms with E-state index < -0.39 is 70.0 Å². The lowest BCUT2D eigenvalue weighted by Gasteiger charge is -2.38. The lowest BCUT2D eigenvalue weighted by Crippen LogP contribution is -2.58. The van der Waals surface area contributed by atoms with Gasteiger partial charge in [0, 0.05) is 46.3 Å². The molecule has 1 fully saturated rings. The van der Waals surface area contributed by atoms with Crippen molar-refractivity contribution in [3.63, 3.8) is 0 Å². The minimum absolute atomic E-state index is 0.0224. The van der Waals surface area contributed by atoms with Crippen LogP contribution >= 0.6 is 0 Å². The molecule has 0 radical (unpaired) electrons. The molecule has 1 aliphatic rings. The van der Waals surface area contributed by atoms with Gasteiger partial charge in [-0.15, -0.1) is 0 Å². The summed E-state index contributed by atoms with van der Waals surface area (Å²) < 4.78 is 35.9. The van der Waals surface area contributed by atoms with Crippen LogP contribution in [0, 0.1) is 17.8 Å². The number of benzene rings is 1. The van der Waals surface area contributed by atoms with E-state index in [0.717, 1.165) is 11.8 Å². The molecule has 1 heterocycles. The topological polar surface area (TPSA) is 210 Å². The number of ether oxygens (including phenoxy) is 2. The van der Waals surface area contributed by atoms with Gasteiger partial charge in [0.05, 0.1) is 48.4 Å². The fourth-order valence-electron chi connectivity index (χ4n) is 7.86. The van der Waals surface area contributed by atoms with Gasteiger partial charge < -0.3 is 41.0 Å². The summed E-state index contributed by atoms with van der Waals surface area (Å²) in [5.74, 6) is -3.13. The zero-order valence-corrected chi connectivity index (χ0v) is 37.6. The number of rotatable bonds is 23. The number of methoxy groups -OCH3 is 2. The van der Waals surface area contributed by atoms with Crippen molar-refractivity contribution in [1.82, 2.24) is 30.7 Å². The summed E-state index contributed by atoms with van der Waals surface area (Å²) >= 11 is 0. The van der Waals surface area contributed by atoms with Gasteiger partial charge in [-0.2, -0.15) is 0 Å². The Bertz CT molecular complexity index is 1620. The first kappa shape index (κ1) is 50.3. The van der Waals surface area contributed by atoms with Gasteiger partial charge in [-0.3, -0.25) is 28.9 Å². The van der Waals surface area contributed by atoms with Crippen molar-refractivity contribution >= 4 is 45.1 Å². The number of likely N-dealkylation sites (tertiary alicyclic amines) is 1. The normalized spacial score (nSPS) is 18.3. The van der Waals surface area contributed by atoms with Gasteiger partial charge in [0.15, 0.2) is 0 Å². The van der Waals surface area contributed by atoms with E-state index in [1.807, 2.05) is 53.6 Å². The van der Waals surface area contributed by atoms with E-state index in [4.69, 9.17) is 15.2 Å². The highest BCUT2D eigenvalue weighted by Crippen LogP contribution is 2.29. The van der Waals surface area contributed by atoms with Crippen molar-refractivity contribution in [2.75, 3.05) is 59.6 Å². The number of likely N-dealkylation sites (N-methyl/N-ethyl adjacent to an activating group) is 2. The Hall–Kier alpha value is -3.80. The molecule has 1 saturated heterocycles. The number of carbonyl (C=O) groups excluding carboxylic acids is 5. The number of hydrogen-bond acceptors (Lipinski definition) is 11. The molecule has 58 heavy (non-hydrogen) atoms. The minimum Gasteiger partial charge on any atom is -0.399 e. The van der Waals surface area contributed by atoms with Crippen LogP contribution in [0.2, 0.25) is 0 Å². The number of nitrogens with one attached hydrogen (secondary N) is 3. The highest BCUT2D eigenvalue weighted by atomic mass is 32.2. The number of carbonyl (C=O) groups is 5. The summed E-state index contributed by atoms with van der Waals surface area (Å²) in [5, 5.41) is 8.50. The molecule has 5 amide bonds. The molecular formula is C41H71N7O9S. The van der Waals surface area contributed by atoms with Crippen LogP contribution < -0.4 is 21.7 Å². The summed E-state index contributed by atoms with van der Waals surface area (Å²) in [5.41, 5.74) is 7.11. The van der Waals surface area contributed by atoms with Crippen LogP contribution in [-0.2, 0) is 49.8 Å². The van der Waals surface area contributed by atoms with E-state index in [-0.39, 0.29) is 54.7 Å². The molecule has 0 saturated carbocycles. The smallest absolute Gasteiger partial charge is 0.245 e. The van der Waals surface area contributed by atoms with Crippen LogP contribution in [0.4, 0.5) is 5.69 Å². The molecule has 0 aromatic heterocycles. The first-order valence-electron chi connectivity index (χ1n) is 20.3. The number of hydrogen-bond donors (Lipinski definition) is 4. The maximum absolute atomic E-state index is 14.1. The van der Waals surface area contributed by atoms with Crippen molar-refractivity contribution in [3.8, 4) is 0 Å². The van der Waals surface area contributed by atoms with Crippen molar-refractivity contribution in [3.05, 3.63) is 29.8 Å². The molecule has 0 bridgehead atoms. The average molecular weight is 838 g/mol. The third-order valence-electron chi connectivity index (χ3n) is 11.1. The zero-order chi connectivity index (χ0) is 44.1. The Kier molecular flexibility index (Phi) is 20.1. The lowest BCUT2D eigenvalue weighted by molar-refractivity contribution is -0.146. The van der Waals surface area contributed by atoms with Gasteiger partial charge in [0.2, 0.25) is 29.5 Å². The Morgan fingerprint density at radius 1 is 0.914 bits per heavy atom. The standard InChI is InChI=1S/C41H71N7O9S/c1-13-31(47(9)41(53)35(25(2)3)45-40(52)36(26(4)5)46(7)8)33(56-10)23-34(49)48-21-14-15-32(48)37(57-11)27(6)38(50)44-30(20-22-58(12,54)55)39(51)43-24-28-16-18-29(42)19-17-28/h16-19,25-27,30-33,35-37H,13-15,20-24,42H2,1-12H3,(H,43,51)(H,44,50)(H,45,52)/t27-,30+,31+,32+,33-,35+,36+,37-/m1/s1. The third-order valence-corrected chi connectivity index (χ3v) is 12.1. The fourth-order valence-corrected chi connectivity index (χ4v) is 8.52. The second-order valence-electron chi connectivity index (χ2n) is 16.5. The summed E-state index contributed by atoms with van der Waals surface area (Å²) in [6, 6.07) is 3.59. The van der Waals surface area contributed by atoms with Crippen molar-refractivity contribution in [1.29, 1.82) is 0 Å². The third kappa shape index (κ3) is 14.5. The second-order valence-corrected chi connectivity index (χ2v) is 18.8. The van der Waals surface area contributed by atoms with E-state index in [1.165, 1.54) is 14.2 Å². The highest BCUT2D eigenvalue weighted by molar-refractivity contribution is 7.90. The van der Waals surface area contributed by atoms with E-state index in [1.54, 1.807) is 48.0 Å². The monoisotopic (exact) mass is 838 g/mol. The van der Waals surface area contributed by atoms with E-state index >= 15 is 0 Å². The Labute approximate surface area is 346 Å². The van der Waals surface area contributed by atoms with Crippen LogP contribution in [0.1, 0.15) is 79.2 Å². The predicted octanol–water partition coefficient (Wildman–Crippen LogP) is 1.82. The number of nitrogen functional groups attached to an aromatic ring is 1. The van der Waals surface area contributed by atoms with E-state index in [9.17, 15) is 32.4 Å². The molecule has 0 spiro atoms. The number of nitrogens with zero attached hydrogens (tertiary/aromatic N) is 3. The average Bonchev–Trinajstić information content (AvgIpc) is 3.63. The molecule has 1 aliphatic heterocycles. The summed E-state index contributed by atoms with van der Waals surface area (Å²) in [7, 11) is 4.85. The number of sulfone groups is 1.